The number of nitrogens with zero attached hydrogens (tertiary/aromatic N) is 1. The Bertz CT molecular complexity index is 698. The maximum Gasteiger partial charge on any atom is 0.337 e. The van der Waals surface area contributed by atoms with Crippen molar-refractivity contribution in [3.05, 3.63) is 34.5 Å². The van der Waals surface area contributed by atoms with Crippen molar-refractivity contribution in [1.29, 1.82) is 0 Å². The molecule has 1 N–H and O–H groups in total. The summed E-state index contributed by atoms with van der Waals surface area (Å²) in [6.45, 7) is 6.69. The highest BCUT2D eigenvalue weighted by atomic mass is 16.4. The van der Waals surface area contributed by atoms with Crippen molar-refractivity contribution in [1.82, 2.24) is 4.57 Å². The average Bonchev–Trinajstić information content (AvgIpc) is 2.74. The van der Waals surface area contributed by atoms with Crippen LogP contribution in [0.4, 0.5) is 0 Å². The summed E-state index contributed by atoms with van der Waals surface area (Å²) in [6, 6.07) is 3.67. The zero-order valence-electron chi connectivity index (χ0n) is 12.8. The number of carbonyl (C=O) groups excluding carboxylic acids is 1. The highest BCUT2D eigenvalue weighted by Gasteiger charge is 2.20. The lowest BCUT2D eigenvalue weighted by Gasteiger charge is -2.10. The van der Waals surface area contributed by atoms with Crippen LogP contribution in [-0.4, -0.2) is 21.9 Å². The minimum atomic E-state index is -0.942. The molecule has 112 valence electrons. The summed E-state index contributed by atoms with van der Waals surface area (Å²) < 4.78 is 1.98. The Morgan fingerprint density at radius 2 is 2.05 bits per heavy atom. The van der Waals surface area contributed by atoms with Crippen LogP contribution in [0.15, 0.2) is 12.1 Å². The molecule has 4 heteroatoms. The molecule has 0 aliphatic rings. The molecule has 0 fully saturated rings. The Balaban J connectivity index is 2.86. The second kappa shape index (κ2) is 6.12. The largest absolute Gasteiger partial charge is 0.478 e. The lowest BCUT2D eigenvalue weighted by Crippen LogP contribution is -2.06. The molecule has 1 aromatic carbocycles. The van der Waals surface area contributed by atoms with Crippen LogP contribution in [0.3, 0.4) is 0 Å². The Morgan fingerprint density at radius 3 is 2.57 bits per heavy atom. The van der Waals surface area contributed by atoms with Crippen LogP contribution in [0.1, 0.15) is 58.7 Å². The summed E-state index contributed by atoms with van der Waals surface area (Å²) in [5, 5.41) is 10.3. The fourth-order valence-corrected chi connectivity index (χ4v) is 2.81. The van der Waals surface area contributed by atoms with E-state index in [0.717, 1.165) is 48.7 Å². The fourth-order valence-electron chi connectivity index (χ4n) is 2.81. The van der Waals surface area contributed by atoms with E-state index in [1.165, 1.54) is 0 Å². The van der Waals surface area contributed by atoms with E-state index in [9.17, 15) is 14.7 Å². The highest BCUT2D eigenvalue weighted by molar-refractivity contribution is 6.08. The van der Waals surface area contributed by atoms with Crippen LogP contribution in [0.2, 0.25) is 0 Å². The zero-order chi connectivity index (χ0) is 15.6. The van der Waals surface area contributed by atoms with Crippen LogP contribution in [-0.2, 0) is 13.0 Å². The number of aldehydes is 1. The van der Waals surface area contributed by atoms with Gasteiger partial charge in [-0.2, -0.15) is 0 Å². The number of aryl methyl sites for hydroxylation is 2. The van der Waals surface area contributed by atoms with Gasteiger partial charge < -0.3 is 9.67 Å². The van der Waals surface area contributed by atoms with E-state index in [1.54, 1.807) is 6.07 Å². The van der Waals surface area contributed by atoms with Gasteiger partial charge in [-0.25, -0.2) is 4.79 Å². The van der Waals surface area contributed by atoms with Crippen molar-refractivity contribution in [3.8, 4) is 0 Å². The third-order valence-electron chi connectivity index (χ3n) is 4.02. The van der Waals surface area contributed by atoms with Gasteiger partial charge in [0.1, 0.15) is 0 Å². The summed E-state index contributed by atoms with van der Waals surface area (Å²) >= 11 is 0. The number of rotatable bonds is 6. The van der Waals surface area contributed by atoms with Crippen LogP contribution in [0, 0.1) is 6.92 Å². The number of aromatic carboxylic acids is 1. The SMILES string of the molecule is CCCCn1c(C)c(C=O)c2cc(CC)cc(C(=O)O)c21. The maximum absolute atomic E-state index is 11.6. The molecule has 0 bridgehead atoms. The lowest BCUT2D eigenvalue weighted by molar-refractivity contribution is 0.0698. The van der Waals surface area contributed by atoms with Gasteiger partial charge in [0.25, 0.3) is 0 Å². The van der Waals surface area contributed by atoms with Gasteiger partial charge in [0.05, 0.1) is 11.1 Å². The van der Waals surface area contributed by atoms with E-state index >= 15 is 0 Å². The maximum atomic E-state index is 11.6. The van der Waals surface area contributed by atoms with Crippen LogP contribution >= 0.6 is 0 Å². The molecular weight excluding hydrogens is 266 g/mol. The third kappa shape index (κ3) is 2.58. The molecule has 0 saturated carbocycles. The van der Waals surface area contributed by atoms with Crippen molar-refractivity contribution in [2.75, 3.05) is 0 Å². The van der Waals surface area contributed by atoms with Gasteiger partial charge in [-0.05, 0) is 37.5 Å². The van der Waals surface area contributed by atoms with Crippen molar-refractivity contribution >= 4 is 23.2 Å². The fraction of sp³-hybridized carbons (Fsp3) is 0.412. The minimum Gasteiger partial charge on any atom is -0.478 e. The Hall–Kier alpha value is -2.10. The monoisotopic (exact) mass is 287 g/mol. The smallest absolute Gasteiger partial charge is 0.337 e. The molecule has 0 unspecified atom stereocenters. The van der Waals surface area contributed by atoms with E-state index in [0.29, 0.717) is 11.1 Å². The molecule has 0 aliphatic carbocycles. The molecule has 0 saturated heterocycles. The average molecular weight is 287 g/mol. The molecule has 2 aromatic rings. The summed E-state index contributed by atoms with van der Waals surface area (Å²) in [4.78, 5) is 23.1. The quantitative estimate of drug-likeness (QED) is 0.821. The van der Waals surface area contributed by atoms with Crippen molar-refractivity contribution < 1.29 is 14.7 Å². The summed E-state index contributed by atoms with van der Waals surface area (Å²) in [7, 11) is 0. The molecular formula is C17H21NO3. The highest BCUT2D eigenvalue weighted by Crippen LogP contribution is 2.30. The number of hydrogen-bond donors (Lipinski definition) is 1. The number of carboxylic acid groups (broad SMARTS) is 1. The number of hydrogen-bond acceptors (Lipinski definition) is 2. The second-order valence-corrected chi connectivity index (χ2v) is 5.32. The molecule has 0 amide bonds. The minimum absolute atomic E-state index is 0.289. The standard InChI is InChI=1S/C17H21NO3/c1-4-6-7-18-11(3)15(10-19)13-8-12(5-2)9-14(16(13)18)17(20)21/h8-10H,4-7H2,1-3H3,(H,20,21). The van der Waals surface area contributed by atoms with Crippen molar-refractivity contribution in [2.45, 2.75) is 46.6 Å². The third-order valence-corrected chi connectivity index (χ3v) is 4.02. The van der Waals surface area contributed by atoms with Gasteiger partial charge in [0, 0.05) is 23.2 Å². The van der Waals surface area contributed by atoms with Gasteiger partial charge in [0.2, 0.25) is 0 Å². The normalized spacial score (nSPS) is 11.0. The molecule has 0 radical (unpaired) electrons. The molecule has 1 heterocycles. The summed E-state index contributed by atoms with van der Waals surface area (Å²) in [5.74, 6) is -0.942. The predicted octanol–water partition coefficient (Wildman–Crippen LogP) is 3.82. The van der Waals surface area contributed by atoms with E-state index in [-0.39, 0.29) is 5.56 Å². The van der Waals surface area contributed by atoms with Crippen molar-refractivity contribution in [2.24, 2.45) is 0 Å². The van der Waals surface area contributed by atoms with Gasteiger partial charge in [-0.15, -0.1) is 0 Å². The summed E-state index contributed by atoms with van der Waals surface area (Å²) in [6.07, 6.45) is 3.56. The first-order valence-electron chi connectivity index (χ1n) is 7.39. The van der Waals surface area contributed by atoms with Gasteiger partial charge in [0.15, 0.2) is 6.29 Å². The van der Waals surface area contributed by atoms with Crippen LogP contribution < -0.4 is 0 Å². The summed E-state index contributed by atoms with van der Waals surface area (Å²) in [5.41, 5.74) is 3.36. The number of aromatic nitrogens is 1. The molecule has 4 nitrogen and oxygen atoms in total. The Labute approximate surface area is 124 Å². The molecule has 0 aliphatic heterocycles. The zero-order valence-corrected chi connectivity index (χ0v) is 12.8. The first-order valence-corrected chi connectivity index (χ1v) is 7.39. The molecule has 21 heavy (non-hydrogen) atoms. The van der Waals surface area contributed by atoms with E-state index in [1.807, 2.05) is 24.5 Å². The predicted molar refractivity (Wildman–Crippen MR) is 83.3 cm³/mol. The van der Waals surface area contributed by atoms with Crippen LogP contribution in [0.5, 0.6) is 0 Å². The van der Waals surface area contributed by atoms with Crippen molar-refractivity contribution in [3.63, 3.8) is 0 Å². The molecule has 2 rings (SSSR count). The second-order valence-electron chi connectivity index (χ2n) is 5.32. The molecule has 1 aromatic heterocycles. The molecule has 0 spiro atoms. The van der Waals surface area contributed by atoms with Gasteiger partial charge in [-0.1, -0.05) is 20.3 Å². The number of carboxylic acids is 1. The van der Waals surface area contributed by atoms with E-state index < -0.39 is 5.97 Å². The Morgan fingerprint density at radius 1 is 1.33 bits per heavy atom. The number of fused-ring (bicyclic) bond motifs is 1. The first kappa shape index (κ1) is 15.3. The Kier molecular flexibility index (Phi) is 4.46. The van der Waals surface area contributed by atoms with Gasteiger partial charge >= 0.3 is 5.97 Å². The topological polar surface area (TPSA) is 59.3 Å². The van der Waals surface area contributed by atoms with Gasteiger partial charge in [-0.3, -0.25) is 4.79 Å². The first-order chi connectivity index (χ1) is 10.0. The number of benzene rings is 1. The molecule has 0 atom stereocenters. The number of carbonyl (C=O) groups is 2. The number of unbranched alkanes of at least 4 members (excludes halogenated alkanes) is 1. The lowest BCUT2D eigenvalue weighted by atomic mass is 10.0. The van der Waals surface area contributed by atoms with E-state index in [4.69, 9.17) is 0 Å². The van der Waals surface area contributed by atoms with E-state index in [2.05, 4.69) is 6.92 Å². The van der Waals surface area contributed by atoms with Crippen LogP contribution in [0.25, 0.3) is 10.9 Å².